The van der Waals surface area contributed by atoms with Crippen molar-refractivity contribution < 1.29 is 0 Å². The van der Waals surface area contributed by atoms with Crippen LogP contribution in [0.1, 0.15) is 44.6 Å². The number of piperidine rings is 1. The number of nitrogens with zero attached hydrogens (tertiary/aromatic N) is 8. The zero-order valence-electron chi connectivity index (χ0n) is 19.9. The second-order valence-corrected chi connectivity index (χ2v) is 9.74. The van der Waals surface area contributed by atoms with Gasteiger partial charge in [0.25, 0.3) is 0 Å². The number of nitrogens with one attached hydrogen (secondary N) is 1. The fourth-order valence-electron chi connectivity index (χ4n) is 5.52. The maximum Gasteiger partial charge on any atom is 0.230 e. The van der Waals surface area contributed by atoms with Crippen molar-refractivity contribution in [3.8, 4) is 0 Å². The van der Waals surface area contributed by atoms with Gasteiger partial charge < -0.3 is 19.7 Å². The Morgan fingerprint density at radius 3 is 2.65 bits per heavy atom. The zero-order valence-corrected chi connectivity index (χ0v) is 19.9. The van der Waals surface area contributed by atoms with Gasteiger partial charge in [-0.2, -0.15) is 4.98 Å². The summed E-state index contributed by atoms with van der Waals surface area (Å²) in [5.74, 6) is 2.10. The van der Waals surface area contributed by atoms with E-state index >= 15 is 0 Å². The van der Waals surface area contributed by atoms with Crippen molar-refractivity contribution in [1.82, 2.24) is 34.6 Å². The summed E-state index contributed by atoms with van der Waals surface area (Å²) in [4.78, 5) is 18.5. The normalized spacial score (nSPS) is 19.5. The van der Waals surface area contributed by atoms with Gasteiger partial charge in [-0.25, -0.2) is 4.98 Å². The van der Waals surface area contributed by atoms with E-state index in [1.807, 2.05) is 30.7 Å². The summed E-state index contributed by atoms with van der Waals surface area (Å²) in [6.07, 6.45) is 13.0. The van der Waals surface area contributed by atoms with Gasteiger partial charge in [-0.15, -0.1) is 10.2 Å². The number of likely N-dealkylation sites (N-methyl/N-ethyl adjacent to an activating group) is 1. The molecule has 176 valence electrons. The first-order chi connectivity index (χ1) is 16.7. The fraction of sp³-hybridized carbons (Fsp3) is 0.480. The molecule has 0 spiro atoms. The molecular formula is C25H31N9. The van der Waals surface area contributed by atoms with Crippen LogP contribution in [0.2, 0.25) is 0 Å². The van der Waals surface area contributed by atoms with Crippen LogP contribution >= 0.6 is 0 Å². The van der Waals surface area contributed by atoms with Crippen molar-refractivity contribution >= 4 is 39.5 Å². The molecule has 6 rings (SSSR count). The van der Waals surface area contributed by atoms with E-state index < -0.39 is 0 Å². The molecule has 0 radical (unpaired) electrons. The summed E-state index contributed by atoms with van der Waals surface area (Å²) in [5.41, 5.74) is 2.09. The highest BCUT2D eigenvalue weighted by Crippen LogP contribution is 2.37. The molecule has 2 fully saturated rings. The van der Waals surface area contributed by atoms with Gasteiger partial charge in [-0.05, 0) is 58.0 Å². The van der Waals surface area contributed by atoms with Crippen molar-refractivity contribution in [2.75, 3.05) is 37.4 Å². The maximum absolute atomic E-state index is 4.92. The molecule has 9 nitrogen and oxygen atoms in total. The molecule has 0 amide bonds. The highest BCUT2D eigenvalue weighted by molar-refractivity contribution is 6.06. The lowest BCUT2D eigenvalue weighted by molar-refractivity contribution is 0.257. The van der Waals surface area contributed by atoms with Gasteiger partial charge in [-0.1, -0.05) is 12.8 Å². The Balaban J connectivity index is 1.27. The quantitative estimate of drug-likeness (QED) is 0.478. The van der Waals surface area contributed by atoms with Gasteiger partial charge in [-0.3, -0.25) is 4.98 Å². The third-order valence-electron chi connectivity index (χ3n) is 7.38. The van der Waals surface area contributed by atoms with E-state index in [4.69, 9.17) is 4.98 Å². The van der Waals surface area contributed by atoms with Crippen LogP contribution in [0.25, 0.3) is 21.9 Å². The highest BCUT2D eigenvalue weighted by Gasteiger charge is 2.24. The summed E-state index contributed by atoms with van der Waals surface area (Å²) in [7, 11) is 4.29. The first kappa shape index (κ1) is 21.2. The Labute approximate surface area is 199 Å². The van der Waals surface area contributed by atoms with E-state index in [9.17, 15) is 0 Å². The number of hydrogen-bond acceptors (Lipinski definition) is 8. The smallest absolute Gasteiger partial charge is 0.230 e. The van der Waals surface area contributed by atoms with Crippen LogP contribution in [0.5, 0.6) is 0 Å². The minimum Gasteiger partial charge on any atom is -0.354 e. The van der Waals surface area contributed by atoms with E-state index in [0.717, 1.165) is 40.8 Å². The predicted octanol–water partition coefficient (Wildman–Crippen LogP) is 4.16. The fourth-order valence-corrected chi connectivity index (χ4v) is 5.52. The summed E-state index contributed by atoms with van der Waals surface area (Å²) >= 11 is 0. The third kappa shape index (κ3) is 3.83. The molecule has 0 aromatic carbocycles. The van der Waals surface area contributed by atoms with E-state index in [2.05, 4.69) is 60.0 Å². The van der Waals surface area contributed by atoms with Gasteiger partial charge in [0.05, 0.1) is 11.7 Å². The van der Waals surface area contributed by atoms with E-state index in [1.165, 1.54) is 38.5 Å². The van der Waals surface area contributed by atoms with Gasteiger partial charge in [0.15, 0.2) is 11.6 Å². The number of rotatable bonds is 5. The predicted molar refractivity (Wildman–Crippen MR) is 135 cm³/mol. The molecule has 0 bridgehead atoms. The molecule has 2 aliphatic rings. The lowest BCUT2D eigenvalue weighted by Gasteiger charge is -2.36. The van der Waals surface area contributed by atoms with Crippen LogP contribution in [0, 0.1) is 0 Å². The molecule has 1 saturated carbocycles. The Kier molecular flexibility index (Phi) is 5.49. The number of fused-ring (bicyclic) bond motifs is 3. The molecule has 1 aliphatic carbocycles. The zero-order chi connectivity index (χ0) is 23.1. The van der Waals surface area contributed by atoms with E-state index in [1.54, 1.807) is 0 Å². The minimum atomic E-state index is 0.460. The number of hydrogen-bond donors (Lipinski definition) is 1. The SMILES string of the molecule is CN(C)C1CCCN(c2ccc(Nc3ncc4c5ccncc5n(C5CCCC5)c4n3)nn2)C1. The molecule has 4 aromatic rings. The second kappa shape index (κ2) is 8.79. The van der Waals surface area contributed by atoms with E-state index in [-0.39, 0.29) is 0 Å². The van der Waals surface area contributed by atoms with Crippen LogP contribution < -0.4 is 10.2 Å². The van der Waals surface area contributed by atoms with Gasteiger partial charge in [0.1, 0.15) is 5.65 Å². The molecule has 34 heavy (non-hydrogen) atoms. The summed E-state index contributed by atoms with van der Waals surface area (Å²) in [6.45, 7) is 2.00. The second-order valence-electron chi connectivity index (χ2n) is 9.74. The number of aromatic nitrogens is 6. The van der Waals surface area contributed by atoms with Gasteiger partial charge in [0.2, 0.25) is 5.95 Å². The van der Waals surface area contributed by atoms with Crippen LogP contribution in [0.15, 0.2) is 36.8 Å². The van der Waals surface area contributed by atoms with Crippen LogP contribution in [-0.4, -0.2) is 67.8 Å². The number of pyridine rings is 1. The van der Waals surface area contributed by atoms with Crippen molar-refractivity contribution in [2.24, 2.45) is 0 Å². The maximum atomic E-state index is 4.92. The lowest BCUT2D eigenvalue weighted by atomic mass is 10.1. The molecule has 1 unspecified atom stereocenters. The monoisotopic (exact) mass is 457 g/mol. The van der Waals surface area contributed by atoms with E-state index in [0.29, 0.717) is 23.8 Å². The molecule has 5 heterocycles. The van der Waals surface area contributed by atoms with Crippen LogP contribution in [0.3, 0.4) is 0 Å². The third-order valence-corrected chi connectivity index (χ3v) is 7.38. The first-order valence-electron chi connectivity index (χ1n) is 12.3. The Morgan fingerprint density at radius 1 is 0.971 bits per heavy atom. The van der Waals surface area contributed by atoms with Crippen molar-refractivity contribution in [3.63, 3.8) is 0 Å². The first-order valence-corrected chi connectivity index (χ1v) is 12.3. The standard InChI is InChI=1S/C25H31N9/c1-32(2)18-8-5-13-33(16-18)23-10-9-22(30-31-23)28-25-27-14-20-19-11-12-26-15-21(19)34(24(20)29-25)17-6-3-4-7-17/h9-12,14-15,17-18H,3-8,13,16H2,1-2H3,(H,27,28,29,30). The van der Waals surface area contributed by atoms with Gasteiger partial charge in [0, 0.05) is 48.3 Å². The molecule has 1 atom stereocenters. The van der Waals surface area contributed by atoms with Crippen LogP contribution in [0.4, 0.5) is 17.6 Å². The summed E-state index contributed by atoms with van der Waals surface area (Å²) in [5, 5.41) is 14.4. The molecular weight excluding hydrogens is 426 g/mol. The topological polar surface area (TPSA) is 87.9 Å². The molecule has 4 aromatic heterocycles. The summed E-state index contributed by atoms with van der Waals surface area (Å²) in [6, 6.07) is 7.07. The average molecular weight is 458 g/mol. The minimum absolute atomic E-state index is 0.460. The molecule has 9 heteroatoms. The lowest BCUT2D eigenvalue weighted by Crippen LogP contribution is -2.45. The largest absolute Gasteiger partial charge is 0.354 e. The van der Waals surface area contributed by atoms with Crippen molar-refractivity contribution in [2.45, 2.75) is 50.6 Å². The molecule has 1 aliphatic heterocycles. The van der Waals surface area contributed by atoms with Gasteiger partial charge >= 0.3 is 0 Å². The Bertz CT molecular complexity index is 1290. The Morgan fingerprint density at radius 2 is 1.85 bits per heavy atom. The molecule has 1 saturated heterocycles. The van der Waals surface area contributed by atoms with Crippen molar-refractivity contribution in [1.29, 1.82) is 0 Å². The highest BCUT2D eigenvalue weighted by atomic mass is 15.3. The van der Waals surface area contributed by atoms with Crippen LogP contribution in [-0.2, 0) is 0 Å². The summed E-state index contributed by atoms with van der Waals surface area (Å²) < 4.78 is 2.36. The van der Waals surface area contributed by atoms with Crippen molar-refractivity contribution in [3.05, 3.63) is 36.8 Å². The Hall–Kier alpha value is -3.33. The number of anilines is 3. The average Bonchev–Trinajstić information content (AvgIpc) is 3.50. The molecule has 1 N–H and O–H groups in total.